The number of aromatic nitrogens is 1. The molecule has 0 spiro atoms. The second-order valence-electron chi connectivity index (χ2n) is 12.0. The summed E-state index contributed by atoms with van der Waals surface area (Å²) in [7, 11) is 1.62. The van der Waals surface area contributed by atoms with Crippen molar-refractivity contribution in [3.05, 3.63) is 151 Å². The molecule has 1 aliphatic heterocycles. The van der Waals surface area contributed by atoms with Crippen LogP contribution in [0.25, 0.3) is 27.6 Å². The minimum absolute atomic E-state index is 0.142. The molecule has 0 saturated carbocycles. The first-order chi connectivity index (χ1) is 23.9. The summed E-state index contributed by atoms with van der Waals surface area (Å²) in [5.41, 5.74) is 3.54. The van der Waals surface area contributed by atoms with E-state index >= 15 is 0 Å². The fourth-order valence-electron chi connectivity index (χ4n) is 6.71. The molecule has 0 saturated heterocycles. The first kappa shape index (κ1) is 32.1. The topological polar surface area (TPSA) is 73.1 Å². The lowest BCUT2D eigenvalue weighted by Gasteiger charge is -2.30. The number of benzene rings is 5. The molecule has 1 amide bonds. The van der Waals surface area contributed by atoms with Crippen LogP contribution in [0.15, 0.2) is 124 Å². The minimum Gasteiger partial charge on any atom is -0.496 e. The van der Waals surface area contributed by atoms with Crippen LogP contribution < -0.4 is 24.4 Å². The van der Waals surface area contributed by atoms with Crippen LogP contribution in [0.3, 0.4) is 0 Å². The Labute approximate surface area is 288 Å². The van der Waals surface area contributed by atoms with Crippen LogP contribution in [-0.2, 0) is 11.4 Å². The van der Waals surface area contributed by atoms with Gasteiger partial charge in [0.25, 0.3) is 11.5 Å². The number of carbonyl (C=O) groups excluding carboxylic acids is 1. The predicted octanol–water partition coefficient (Wildman–Crippen LogP) is 7.00. The van der Waals surface area contributed by atoms with Crippen molar-refractivity contribution in [2.24, 2.45) is 4.99 Å². The van der Waals surface area contributed by atoms with Gasteiger partial charge >= 0.3 is 0 Å². The molecule has 1 aliphatic rings. The molecule has 246 valence electrons. The number of hydrogen-bond donors (Lipinski definition) is 0. The van der Waals surface area contributed by atoms with Crippen LogP contribution in [0.5, 0.6) is 11.5 Å². The van der Waals surface area contributed by atoms with Gasteiger partial charge in [-0.2, -0.15) is 0 Å². The molecule has 7 rings (SSSR count). The van der Waals surface area contributed by atoms with E-state index in [0.717, 1.165) is 32.8 Å². The van der Waals surface area contributed by atoms with Crippen LogP contribution in [-0.4, -0.2) is 35.6 Å². The third-order valence-corrected chi connectivity index (χ3v) is 10.1. The van der Waals surface area contributed by atoms with Gasteiger partial charge in [-0.1, -0.05) is 96.3 Å². The molecular formula is C41H37N3O4S. The van der Waals surface area contributed by atoms with E-state index < -0.39 is 6.04 Å². The van der Waals surface area contributed by atoms with E-state index in [-0.39, 0.29) is 11.5 Å². The molecule has 2 heterocycles. The first-order valence-electron chi connectivity index (χ1n) is 16.5. The van der Waals surface area contributed by atoms with Crippen molar-refractivity contribution in [2.75, 3.05) is 20.2 Å². The van der Waals surface area contributed by atoms with Gasteiger partial charge in [-0.15, -0.1) is 0 Å². The Morgan fingerprint density at radius 1 is 0.898 bits per heavy atom. The van der Waals surface area contributed by atoms with Gasteiger partial charge in [0.15, 0.2) is 4.80 Å². The summed E-state index contributed by atoms with van der Waals surface area (Å²) >= 11 is 1.32. The average molecular weight is 668 g/mol. The summed E-state index contributed by atoms with van der Waals surface area (Å²) in [5, 5.41) is 4.24. The van der Waals surface area contributed by atoms with E-state index in [1.54, 1.807) is 16.6 Å². The number of amides is 1. The largest absolute Gasteiger partial charge is 0.496 e. The Balaban J connectivity index is 1.33. The lowest BCUT2D eigenvalue weighted by Crippen LogP contribution is -2.43. The van der Waals surface area contributed by atoms with Crippen LogP contribution in [0.2, 0.25) is 0 Å². The van der Waals surface area contributed by atoms with Crippen molar-refractivity contribution in [2.45, 2.75) is 33.4 Å². The van der Waals surface area contributed by atoms with Gasteiger partial charge < -0.3 is 14.4 Å². The van der Waals surface area contributed by atoms with E-state index in [4.69, 9.17) is 14.5 Å². The summed E-state index contributed by atoms with van der Waals surface area (Å²) in [6.45, 7) is 7.27. The SMILES string of the molecule is CCN(CC)C(=O)C1=C(C)N=c2s/c(=C/c3cccc(OCc4cccc5ccccc45)c3)c(=O)n2[C@H]1c1c(OC)ccc2ccccc12. The molecule has 49 heavy (non-hydrogen) atoms. The molecule has 8 heteroatoms. The predicted molar refractivity (Wildman–Crippen MR) is 197 cm³/mol. The Kier molecular flexibility index (Phi) is 8.89. The van der Waals surface area contributed by atoms with Crippen LogP contribution >= 0.6 is 11.3 Å². The Bertz CT molecular complexity index is 2430. The maximum atomic E-state index is 14.5. The second-order valence-corrected chi connectivity index (χ2v) is 13.0. The molecule has 0 unspecified atom stereocenters. The molecule has 0 radical (unpaired) electrons. The second kappa shape index (κ2) is 13.6. The van der Waals surface area contributed by atoms with Crippen molar-refractivity contribution in [1.29, 1.82) is 0 Å². The number of hydrogen-bond acceptors (Lipinski definition) is 6. The third kappa shape index (κ3) is 5.93. The van der Waals surface area contributed by atoms with Gasteiger partial charge in [-0.05, 0) is 77.7 Å². The summed E-state index contributed by atoms with van der Waals surface area (Å²) < 4.78 is 14.4. The molecule has 6 aromatic rings. The van der Waals surface area contributed by atoms with Crippen molar-refractivity contribution in [3.8, 4) is 11.5 Å². The maximum Gasteiger partial charge on any atom is 0.271 e. The molecule has 0 fully saturated rings. The van der Waals surface area contributed by atoms with Crippen molar-refractivity contribution in [3.63, 3.8) is 0 Å². The number of carbonyl (C=O) groups is 1. The summed E-state index contributed by atoms with van der Waals surface area (Å²) in [6, 6.07) is 33.4. The zero-order valence-corrected chi connectivity index (χ0v) is 28.8. The van der Waals surface area contributed by atoms with E-state index in [9.17, 15) is 9.59 Å². The number of rotatable bonds is 9. The normalized spacial score (nSPS) is 14.5. The highest BCUT2D eigenvalue weighted by molar-refractivity contribution is 7.07. The fraction of sp³-hybridized carbons (Fsp3) is 0.195. The van der Waals surface area contributed by atoms with Crippen LogP contribution in [0.1, 0.15) is 43.5 Å². The van der Waals surface area contributed by atoms with Crippen molar-refractivity contribution >= 4 is 44.9 Å². The minimum atomic E-state index is -0.733. The van der Waals surface area contributed by atoms with Gasteiger partial charge in [0.2, 0.25) is 0 Å². The molecule has 5 aromatic carbocycles. The average Bonchev–Trinajstić information content (AvgIpc) is 3.43. The van der Waals surface area contributed by atoms with E-state index in [1.165, 1.54) is 16.7 Å². The number of methoxy groups -OCH3 is 1. The number of fused-ring (bicyclic) bond motifs is 3. The third-order valence-electron chi connectivity index (χ3n) is 9.16. The molecule has 0 N–H and O–H groups in total. The number of allylic oxidation sites excluding steroid dienone is 1. The number of ether oxygens (including phenoxy) is 2. The number of nitrogens with zero attached hydrogens (tertiary/aromatic N) is 3. The van der Waals surface area contributed by atoms with Gasteiger partial charge in [0.1, 0.15) is 24.1 Å². The summed E-state index contributed by atoms with van der Waals surface area (Å²) in [6.07, 6.45) is 1.87. The van der Waals surface area contributed by atoms with E-state index in [2.05, 4.69) is 24.3 Å². The number of likely N-dealkylation sites (N-methyl/N-ethyl adjacent to an activating group) is 1. The van der Waals surface area contributed by atoms with Gasteiger partial charge in [0, 0.05) is 18.7 Å². The highest BCUT2D eigenvalue weighted by Gasteiger charge is 2.36. The highest BCUT2D eigenvalue weighted by atomic mass is 32.1. The van der Waals surface area contributed by atoms with E-state index in [1.807, 2.05) is 106 Å². The van der Waals surface area contributed by atoms with Crippen molar-refractivity contribution in [1.82, 2.24) is 9.47 Å². The van der Waals surface area contributed by atoms with Gasteiger partial charge in [-0.3, -0.25) is 14.2 Å². The molecule has 0 aliphatic carbocycles. The standard InChI is InChI=1S/C41H37N3O4S/c1-5-43(6-2)40(46)36-26(3)42-41-44(38(36)37-33-20-10-8-15-29(33)21-22-34(37)47-4)39(45)35(49-41)24-27-13-11-18-31(23-27)48-25-30-17-12-16-28-14-7-9-19-32(28)30/h7-24,38H,5-6,25H2,1-4H3/b35-24+/t38-/m1/s1. The van der Waals surface area contributed by atoms with Crippen molar-refractivity contribution < 1.29 is 14.3 Å². The summed E-state index contributed by atoms with van der Waals surface area (Å²) in [4.78, 5) is 35.9. The maximum absolute atomic E-state index is 14.5. The molecule has 0 bridgehead atoms. The molecule has 1 atom stereocenters. The molecule has 1 aromatic heterocycles. The van der Waals surface area contributed by atoms with Crippen LogP contribution in [0.4, 0.5) is 0 Å². The highest BCUT2D eigenvalue weighted by Crippen LogP contribution is 2.40. The number of thiazole rings is 1. The zero-order chi connectivity index (χ0) is 34.1. The smallest absolute Gasteiger partial charge is 0.271 e. The Morgan fingerprint density at radius 2 is 1.59 bits per heavy atom. The quantitative estimate of drug-likeness (QED) is 0.167. The summed E-state index contributed by atoms with van der Waals surface area (Å²) in [5.74, 6) is 1.17. The van der Waals surface area contributed by atoms with Gasteiger partial charge in [-0.25, -0.2) is 4.99 Å². The Hall–Kier alpha value is -5.47. The van der Waals surface area contributed by atoms with Crippen LogP contribution in [0, 0.1) is 0 Å². The first-order valence-corrected chi connectivity index (χ1v) is 17.3. The molecular weight excluding hydrogens is 631 g/mol. The van der Waals surface area contributed by atoms with E-state index in [0.29, 0.717) is 51.8 Å². The molecule has 7 nitrogen and oxygen atoms in total. The lowest BCUT2D eigenvalue weighted by molar-refractivity contribution is -0.127. The monoisotopic (exact) mass is 667 g/mol. The zero-order valence-electron chi connectivity index (χ0n) is 28.0. The lowest BCUT2D eigenvalue weighted by atomic mass is 9.90. The Morgan fingerprint density at radius 3 is 2.35 bits per heavy atom. The fourth-order valence-corrected chi connectivity index (χ4v) is 7.76. The van der Waals surface area contributed by atoms with Gasteiger partial charge in [0.05, 0.1) is 22.9 Å².